The number of hydrogen-bond donors (Lipinski definition) is 6. The van der Waals surface area contributed by atoms with Gasteiger partial charge in [-0.3, -0.25) is 14.4 Å². The second-order valence-corrected chi connectivity index (χ2v) is 15.5. The monoisotopic (exact) mass is 773 g/mol. The second-order valence-electron chi connectivity index (χ2n) is 15.5. The van der Waals surface area contributed by atoms with Crippen LogP contribution in [0, 0.1) is 5.82 Å². The van der Waals surface area contributed by atoms with Crippen molar-refractivity contribution in [3.8, 4) is 22.4 Å². The number of anilines is 1. The first-order valence-electron chi connectivity index (χ1n) is 19.2. The first-order valence-corrected chi connectivity index (χ1v) is 19.2. The minimum absolute atomic E-state index is 0.0707. The molecule has 0 aliphatic carbocycles. The molecule has 1 heterocycles. The van der Waals surface area contributed by atoms with Crippen LogP contribution in [0.3, 0.4) is 0 Å². The maximum absolute atomic E-state index is 14.3. The molecule has 0 radical (unpaired) electrons. The van der Waals surface area contributed by atoms with Crippen molar-refractivity contribution in [1.82, 2.24) is 9.88 Å². The summed E-state index contributed by atoms with van der Waals surface area (Å²) in [5, 5.41) is 48.0. The number of amides is 2. The molecule has 0 saturated heterocycles. The van der Waals surface area contributed by atoms with Gasteiger partial charge in [0.05, 0.1) is 48.5 Å². The second kappa shape index (κ2) is 20.3. The number of nitrogens with one attached hydrogen (secondary N) is 2. The molecule has 0 unspecified atom stereocenters. The van der Waals surface area contributed by atoms with Gasteiger partial charge in [0.1, 0.15) is 11.4 Å². The summed E-state index contributed by atoms with van der Waals surface area (Å²) in [4.78, 5) is 38.8. The molecule has 12 heteroatoms. The number of ether oxygens (including phenoxy) is 1. The summed E-state index contributed by atoms with van der Waals surface area (Å²) in [6.07, 6.45) is -4.66. The summed E-state index contributed by atoms with van der Waals surface area (Å²) in [6.45, 7) is 9.46. The van der Waals surface area contributed by atoms with E-state index in [1.54, 1.807) is 45.0 Å². The molecule has 4 atom stereocenters. The molecule has 3 aromatic carbocycles. The van der Waals surface area contributed by atoms with Gasteiger partial charge in [0, 0.05) is 30.0 Å². The predicted octanol–water partition coefficient (Wildman–Crippen LogP) is 6.58. The van der Waals surface area contributed by atoms with Gasteiger partial charge in [0.2, 0.25) is 5.91 Å². The van der Waals surface area contributed by atoms with Crippen LogP contribution >= 0.6 is 0 Å². The molecule has 4 rings (SSSR count). The number of carbonyl (C=O) groups excluding carboxylic acids is 3. The Labute approximate surface area is 328 Å². The third-order valence-electron chi connectivity index (χ3n) is 9.11. The van der Waals surface area contributed by atoms with Crippen LogP contribution in [0.2, 0.25) is 0 Å². The summed E-state index contributed by atoms with van der Waals surface area (Å²) in [5.74, 6) is -1.91. The number of carbonyl (C=O) groups is 3. The van der Waals surface area contributed by atoms with E-state index in [9.17, 15) is 39.2 Å². The van der Waals surface area contributed by atoms with E-state index < -0.39 is 47.7 Å². The Hall–Kier alpha value is -4.88. The van der Waals surface area contributed by atoms with E-state index in [-0.39, 0.29) is 63.4 Å². The number of esters is 1. The van der Waals surface area contributed by atoms with E-state index in [0.717, 1.165) is 11.3 Å². The molecule has 4 aromatic rings. The Morgan fingerprint density at radius 1 is 0.750 bits per heavy atom. The molecule has 0 bridgehead atoms. The summed E-state index contributed by atoms with van der Waals surface area (Å²) in [6, 6.07) is 24.7. The van der Waals surface area contributed by atoms with Gasteiger partial charge in [-0.05, 0) is 99.9 Å². The van der Waals surface area contributed by atoms with E-state index in [1.165, 1.54) is 12.1 Å². The van der Waals surface area contributed by atoms with Gasteiger partial charge >= 0.3 is 5.97 Å². The molecule has 56 heavy (non-hydrogen) atoms. The molecular formula is C44H56FN3O8. The number of rotatable bonds is 19. The Morgan fingerprint density at radius 2 is 1.32 bits per heavy atom. The third kappa shape index (κ3) is 13.1. The maximum atomic E-state index is 14.3. The van der Waals surface area contributed by atoms with Gasteiger partial charge < -0.3 is 40.4 Å². The number of halogens is 1. The topological polar surface area (TPSA) is 170 Å². The fraction of sp³-hybridized carbons (Fsp3) is 0.432. The molecule has 11 nitrogen and oxygen atoms in total. The highest BCUT2D eigenvalue weighted by molar-refractivity contribution is 6.12. The van der Waals surface area contributed by atoms with Crippen LogP contribution in [0.1, 0.15) is 95.1 Å². The Balaban J connectivity index is 1.46. The van der Waals surface area contributed by atoms with Gasteiger partial charge in [0.25, 0.3) is 5.91 Å². The van der Waals surface area contributed by atoms with E-state index in [2.05, 4.69) is 10.6 Å². The number of aliphatic hydroxyl groups is 4. The largest absolute Gasteiger partial charge is 0.460 e. The Morgan fingerprint density at radius 3 is 1.91 bits per heavy atom. The Bertz CT molecular complexity index is 1870. The molecule has 2 amide bonds. The zero-order valence-corrected chi connectivity index (χ0v) is 32.9. The minimum atomic E-state index is -1.16. The van der Waals surface area contributed by atoms with Crippen molar-refractivity contribution < 1.29 is 43.9 Å². The lowest BCUT2D eigenvalue weighted by Crippen LogP contribution is -2.32. The predicted molar refractivity (Wildman–Crippen MR) is 214 cm³/mol. The van der Waals surface area contributed by atoms with Crippen LogP contribution in [-0.2, 0) is 20.9 Å². The lowest BCUT2D eigenvalue weighted by molar-refractivity contribution is -0.157. The number of aromatic nitrogens is 1. The van der Waals surface area contributed by atoms with E-state index >= 15 is 0 Å². The van der Waals surface area contributed by atoms with Crippen LogP contribution in [0.25, 0.3) is 22.4 Å². The summed E-state index contributed by atoms with van der Waals surface area (Å²) in [5.41, 5.74) is 3.95. The van der Waals surface area contributed by atoms with Crippen molar-refractivity contribution in [2.45, 2.75) is 116 Å². The van der Waals surface area contributed by atoms with E-state index in [1.807, 2.05) is 66.9 Å². The highest BCUT2D eigenvalue weighted by Crippen LogP contribution is 2.42. The number of para-hydroxylation sites is 1. The van der Waals surface area contributed by atoms with Crippen LogP contribution in [0.4, 0.5) is 10.1 Å². The molecule has 0 fully saturated rings. The summed E-state index contributed by atoms with van der Waals surface area (Å²) < 4.78 is 21.4. The molecule has 6 N–H and O–H groups in total. The van der Waals surface area contributed by atoms with Crippen molar-refractivity contribution in [3.63, 3.8) is 0 Å². The van der Waals surface area contributed by atoms with Gasteiger partial charge in [0.15, 0.2) is 0 Å². The van der Waals surface area contributed by atoms with Crippen LogP contribution in [0.15, 0.2) is 84.9 Å². The standard InChI is InChI=1S/C44H56FN3O8/c1-28(2)41-40(43(55)47-32-14-10-7-11-15-32)39(29-12-8-6-9-13-29)42(30-16-18-31(45)19-17-30)48(41)23-21-34(50)25-35(51)26-37(53)46-22-20-33(49)24-36(52)27-38(54)56-44(3,4)5/h6-19,28,33-36,49-52H,20-27H2,1-5H3,(H,46,53)(H,47,55)/t33-,34-,35-,36-/m1/s1. The fourth-order valence-corrected chi connectivity index (χ4v) is 6.76. The van der Waals surface area contributed by atoms with E-state index in [0.29, 0.717) is 28.1 Å². The minimum Gasteiger partial charge on any atom is -0.460 e. The molecule has 0 aliphatic heterocycles. The fourth-order valence-electron chi connectivity index (χ4n) is 6.76. The van der Waals surface area contributed by atoms with Crippen molar-refractivity contribution in [2.24, 2.45) is 0 Å². The first kappa shape index (κ1) is 43.8. The third-order valence-corrected chi connectivity index (χ3v) is 9.11. The Kier molecular flexibility index (Phi) is 15.9. The average molecular weight is 774 g/mol. The van der Waals surface area contributed by atoms with E-state index in [4.69, 9.17) is 4.74 Å². The highest BCUT2D eigenvalue weighted by atomic mass is 19.1. The SMILES string of the molecule is CC(C)c1c(C(=O)Nc2ccccc2)c(-c2ccccc2)c(-c2ccc(F)cc2)n1CC[C@@H](O)C[C@@H](O)CC(=O)NCC[C@@H](O)C[C@@H](O)CC(=O)OC(C)(C)C. The number of benzene rings is 3. The average Bonchev–Trinajstić information content (AvgIpc) is 3.46. The van der Waals surface area contributed by atoms with Gasteiger partial charge in [-0.25, -0.2) is 4.39 Å². The molecule has 1 aromatic heterocycles. The molecule has 0 saturated carbocycles. The molecular weight excluding hydrogens is 717 g/mol. The zero-order chi connectivity index (χ0) is 41.0. The summed E-state index contributed by atoms with van der Waals surface area (Å²) >= 11 is 0. The normalized spacial score (nSPS) is 13.8. The lowest BCUT2D eigenvalue weighted by atomic mass is 9.94. The van der Waals surface area contributed by atoms with Crippen LogP contribution in [-0.4, -0.2) is 79.3 Å². The van der Waals surface area contributed by atoms with Crippen molar-refractivity contribution in [3.05, 3.63) is 102 Å². The first-order chi connectivity index (χ1) is 26.5. The van der Waals surface area contributed by atoms with Crippen molar-refractivity contribution in [1.29, 1.82) is 0 Å². The smallest absolute Gasteiger partial charge is 0.308 e. The van der Waals surface area contributed by atoms with Crippen LogP contribution in [0.5, 0.6) is 0 Å². The number of hydrogen-bond acceptors (Lipinski definition) is 8. The summed E-state index contributed by atoms with van der Waals surface area (Å²) in [7, 11) is 0. The quantitative estimate of drug-likeness (QED) is 0.0581. The molecule has 0 aliphatic rings. The maximum Gasteiger partial charge on any atom is 0.308 e. The van der Waals surface area contributed by atoms with Gasteiger partial charge in [-0.15, -0.1) is 0 Å². The van der Waals surface area contributed by atoms with Gasteiger partial charge in [-0.1, -0.05) is 62.4 Å². The molecule has 302 valence electrons. The van der Waals surface area contributed by atoms with Crippen molar-refractivity contribution >= 4 is 23.5 Å². The number of aliphatic hydroxyl groups excluding tert-OH is 4. The number of nitrogens with zero attached hydrogens (tertiary/aromatic N) is 1. The van der Waals surface area contributed by atoms with Crippen molar-refractivity contribution in [2.75, 3.05) is 11.9 Å². The molecule has 0 spiro atoms. The van der Waals surface area contributed by atoms with Crippen LogP contribution < -0.4 is 10.6 Å². The van der Waals surface area contributed by atoms with Gasteiger partial charge in [-0.2, -0.15) is 0 Å². The lowest BCUT2D eigenvalue weighted by Gasteiger charge is -2.21. The zero-order valence-electron chi connectivity index (χ0n) is 32.9. The highest BCUT2D eigenvalue weighted by Gasteiger charge is 2.31.